The third-order valence-electron chi connectivity index (χ3n) is 6.01. The second-order valence-corrected chi connectivity index (χ2v) is 11.9. The SMILES string of the molecule is [C-]#[N+]c1c(N(C)CCOC(=O)[C@@H](NC(=O)OC(C)(C)C)C(C)C)nc(SC(C(N)=O)c2ccccc2)c(C#N)c1CC. The van der Waals surface area contributed by atoms with Gasteiger partial charge in [-0.15, -0.1) is 0 Å². The maximum Gasteiger partial charge on any atom is 0.408 e. The lowest BCUT2D eigenvalue weighted by atomic mass is 10.1. The zero-order valence-electron chi connectivity index (χ0n) is 25.1. The van der Waals surface area contributed by atoms with E-state index in [1.807, 2.05) is 13.0 Å². The van der Waals surface area contributed by atoms with Crippen LogP contribution in [0.2, 0.25) is 0 Å². The Morgan fingerprint density at radius 1 is 1.24 bits per heavy atom. The van der Waals surface area contributed by atoms with Gasteiger partial charge in [0.15, 0.2) is 0 Å². The van der Waals surface area contributed by atoms with E-state index >= 15 is 0 Å². The van der Waals surface area contributed by atoms with Crippen LogP contribution in [0.5, 0.6) is 0 Å². The lowest BCUT2D eigenvalue weighted by molar-refractivity contribution is -0.147. The van der Waals surface area contributed by atoms with Gasteiger partial charge in [0, 0.05) is 7.05 Å². The predicted molar refractivity (Wildman–Crippen MR) is 161 cm³/mol. The minimum absolute atomic E-state index is 0.0640. The summed E-state index contributed by atoms with van der Waals surface area (Å²) >= 11 is 1.05. The fraction of sp³-hybridized carbons (Fsp3) is 0.467. The Balaban J connectivity index is 2.31. The van der Waals surface area contributed by atoms with E-state index in [0.717, 1.165) is 11.8 Å². The molecule has 0 fully saturated rings. The second kappa shape index (κ2) is 15.1. The van der Waals surface area contributed by atoms with Crippen molar-refractivity contribution in [3.05, 3.63) is 58.4 Å². The molecule has 2 atom stereocenters. The number of esters is 1. The van der Waals surface area contributed by atoms with Crippen LogP contribution in [0.1, 0.15) is 63.5 Å². The molecule has 1 aromatic heterocycles. The van der Waals surface area contributed by atoms with Gasteiger partial charge in [-0.05, 0) is 44.2 Å². The molecule has 0 saturated carbocycles. The summed E-state index contributed by atoms with van der Waals surface area (Å²) < 4.78 is 10.7. The van der Waals surface area contributed by atoms with E-state index < -0.39 is 34.9 Å². The molecule has 2 amide bonds. The van der Waals surface area contributed by atoms with Crippen LogP contribution in [0.25, 0.3) is 4.85 Å². The molecular weight excluding hydrogens is 556 g/mol. The van der Waals surface area contributed by atoms with Crippen molar-refractivity contribution in [2.45, 2.75) is 69.9 Å². The Morgan fingerprint density at radius 3 is 2.38 bits per heavy atom. The number of alkyl carbamates (subject to hydrolysis) is 1. The Bertz CT molecular complexity index is 1360. The van der Waals surface area contributed by atoms with Crippen molar-refractivity contribution in [1.29, 1.82) is 5.26 Å². The number of nitrogens with one attached hydrogen (secondary N) is 1. The van der Waals surface area contributed by atoms with Crippen LogP contribution >= 0.6 is 11.8 Å². The van der Waals surface area contributed by atoms with Crippen molar-refractivity contribution in [3.63, 3.8) is 0 Å². The minimum Gasteiger partial charge on any atom is -0.462 e. The first-order chi connectivity index (χ1) is 19.7. The fourth-order valence-electron chi connectivity index (χ4n) is 3.96. The first-order valence-corrected chi connectivity index (χ1v) is 14.3. The smallest absolute Gasteiger partial charge is 0.408 e. The topological polar surface area (TPSA) is 152 Å². The first kappa shape index (κ1) is 33.9. The standard InChI is InChI=1S/C30H38N6O5S/c1-9-20-21(17-31)27(42-24(25(32)37)19-13-11-10-12-14-19)35-26(23(20)33-7)36(8)15-16-40-28(38)22(18(2)3)34-29(39)41-30(4,5)6/h10-14,18,22,24H,9,15-16H2,1-6,8H3,(H2,32,37)(H,34,39)/t22-,24?/m0/s1. The fourth-order valence-corrected chi connectivity index (χ4v) is 5.02. The van der Waals surface area contributed by atoms with E-state index in [1.165, 1.54) is 0 Å². The van der Waals surface area contributed by atoms with E-state index in [9.17, 15) is 19.6 Å². The molecule has 1 unspecified atom stereocenters. The predicted octanol–water partition coefficient (Wildman–Crippen LogP) is 4.91. The number of thioether (sulfide) groups is 1. The molecule has 2 aromatic rings. The molecule has 0 saturated heterocycles. The molecule has 12 heteroatoms. The van der Waals surface area contributed by atoms with E-state index in [1.54, 1.807) is 70.8 Å². The lowest BCUT2D eigenvalue weighted by Gasteiger charge is -2.26. The van der Waals surface area contributed by atoms with Gasteiger partial charge in [-0.1, -0.05) is 62.9 Å². The van der Waals surface area contributed by atoms with Crippen LogP contribution in [-0.4, -0.2) is 54.8 Å². The average Bonchev–Trinajstić information content (AvgIpc) is 2.92. The van der Waals surface area contributed by atoms with Crippen molar-refractivity contribution >= 4 is 41.2 Å². The highest BCUT2D eigenvalue weighted by atomic mass is 32.2. The first-order valence-electron chi connectivity index (χ1n) is 13.5. The molecule has 2 rings (SSSR count). The molecule has 0 spiro atoms. The molecule has 0 aliphatic rings. The minimum atomic E-state index is -0.921. The van der Waals surface area contributed by atoms with Crippen molar-refractivity contribution in [1.82, 2.24) is 10.3 Å². The van der Waals surface area contributed by atoms with Gasteiger partial charge in [-0.3, -0.25) is 4.79 Å². The van der Waals surface area contributed by atoms with Crippen molar-refractivity contribution in [2.24, 2.45) is 11.7 Å². The molecule has 42 heavy (non-hydrogen) atoms. The van der Waals surface area contributed by atoms with Crippen molar-refractivity contribution in [3.8, 4) is 6.07 Å². The van der Waals surface area contributed by atoms with Gasteiger partial charge in [0.25, 0.3) is 0 Å². The number of nitrogens with two attached hydrogens (primary N) is 1. The number of rotatable bonds is 12. The summed E-state index contributed by atoms with van der Waals surface area (Å²) in [6, 6.07) is 10.2. The van der Waals surface area contributed by atoms with Gasteiger partial charge in [-0.25, -0.2) is 19.4 Å². The maximum absolute atomic E-state index is 12.8. The highest BCUT2D eigenvalue weighted by Crippen LogP contribution is 2.42. The Kier molecular flexibility index (Phi) is 12.2. The number of amides is 2. The van der Waals surface area contributed by atoms with Gasteiger partial charge in [0.2, 0.25) is 11.6 Å². The molecule has 224 valence electrons. The molecule has 0 radical (unpaired) electrons. The number of nitrogens with zero attached hydrogens (tertiary/aromatic N) is 4. The number of benzene rings is 1. The van der Waals surface area contributed by atoms with Gasteiger partial charge >= 0.3 is 12.1 Å². The Morgan fingerprint density at radius 2 is 1.88 bits per heavy atom. The van der Waals surface area contributed by atoms with Gasteiger partial charge in [0.05, 0.1) is 18.7 Å². The second-order valence-electron chi connectivity index (χ2n) is 10.8. The number of carbonyl (C=O) groups excluding carboxylic acids is 3. The molecule has 0 aliphatic carbocycles. The third kappa shape index (κ3) is 9.11. The quantitative estimate of drug-likeness (QED) is 0.198. The van der Waals surface area contributed by atoms with Crippen molar-refractivity contribution < 1.29 is 23.9 Å². The number of aromatic nitrogens is 1. The molecule has 11 nitrogen and oxygen atoms in total. The number of nitriles is 1. The van der Waals surface area contributed by atoms with Crippen LogP contribution in [0, 0.1) is 23.8 Å². The number of anilines is 1. The Labute approximate surface area is 251 Å². The van der Waals surface area contributed by atoms with Crippen LogP contribution in [0.3, 0.4) is 0 Å². The summed E-state index contributed by atoms with van der Waals surface area (Å²) in [6.45, 7) is 18.5. The molecule has 3 N–H and O–H groups in total. The van der Waals surface area contributed by atoms with E-state index in [4.69, 9.17) is 21.8 Å². The molecular formula is C30H38N6O5S. The normalized spacial score (nSPS) is 12.4. The van der Waals surface area contributed by atoms with E-state index in [-0.39, 0.29) is 41.2 Å². The highest BCUT2D eigenvalue weighted by molar-refractivity contribution is 8.00. The van der Waals surface area contributed by atoms with Crippen molar-refractivity contribution in [2.75, 3.05) is 25.1 Å². The van der Waals surface area contributed by atoms with Gasteiger partial charge in [-0.2, -0.15) is 5.26 Å². The number of ether oxygens (including phenoxy) is 2. The number of hydrogen-bond acceptors (Lipinski definition) is 9. The number of carbonyl (C=O) groups is 3. The summed E-state index contributed by atoms with van der Waals surface area (Å²) in [6.07, 6.45) is -0.341. The molecule has 1 aromatic carbocycles. The summed E-state index contributed by atoms with van der Waals surface area (Å²) in [7, 11) is 1.69. The number of hydrogen-bond donors (Lipinski definition) is 2. The zero-order valence-corrected chi connectivity index (χ0v) is 25.9. The summed E-state index contributed by atoms with van der Waals surface area (Å²) in [5.41, 5.74) is 6.58. The summed E-state index contributed by atoms with van der Waals surface area (Å²) in [4.78, 5) is 47.4. The van der Waals surface area contributed by atoms with Crippen LogP contribution in [-0.2, 0) is 25.5 Å². The number of pyridine rings is 1. The maximum atomic E-state index is 12.8. The molecule has 0 bridgehead atoms. The van der Waals surface area contributed by atoms with Crippen LogP contribution in [0.4, 0.5) is 16.3 Å². The van der Waals surface area contributed by atoms with E-state index in [2.05, 4.69) is 21.2 Å². The van der Waals surface area contributed by atoms with Crippen LogP contribution < -0.4 is 16.0 Å². The largest absolute Gasteiger partial charge is 0.462 e. The molecule has 0 aliphatic heterocycles. The van der Waals surface area contributed by atoms with Crippen LogP contribution in [0.15, 0.2) is 35.4 Å². The van der Waals surface area contributed by atoms with E-state index in [0.29, 0.717) is 17.5 Å². The Hall–Kier alpha value is -4.29. The third-order valence-corrected chi connectivity index (χ3v) is 7.27. The number of primary amides is 1. The lowest BCUT2D eigenvalue weighted by Crippen LogP contribution is -2.47. The van der Waals surface area contributed by atoms with Gasteiger partial charge in [0.1, 0.15) is 40.4 Å². The average molecular weight is 595 g/mol. The molecule has 1 heterocycles. The summed E-state index contributed by atoms with van der Waals surface area (Å²) in [5, 5.41) is 12.0. The summed E-state index contributed by atoms with van der Waals surface area (Å²) in [5.74, 6) is -1.19. The zero-order chi connectivity index (χ0) is 31.6. The highest BCUT2D eigenvalue weighted by Gasteiger charge is 2.29. The number of likely N-dealkylation sites (N-methyl/N-ethyl adjacent to an activating group) is 1. The van der Waals surface area contributed by atoms with Gasteiger partial charge < -0.3 is 25.4 Å². The monoisotopic (exact) mass is 594 g/mol.